The zero-order valence-electron chi connectivity index (χ0n) is 15.5. The molecular formula is C20H26N2O3S. The van der Waals surface area contributed by atoms with Gasteiger partial charge in [-0.1, -0.05) is 24.3 Å². The van der Waals surface area contributed by atoms with Gasteiger partial charge in [0.25, 0.3) is 0 Å². The van der Waals surface area contributed by atoms with Crippen molar-refractivity contribution >= 4 is 15.7 Å². The monoisotopic (exact) mass is 374 g/mol. The number of rotatable bonds is 5. The SMILES string of the molecule is Cc1ccccc1CNc1ccc(S(=O)(=O)N2CC(C)OC(C)C2)cc1. The Labute approximate surface area is 156 Å². The van der Waals surface area contributed by atoms with Crippen LogP contribution < -0.4 is 5.32 Å². The summed E-state index contributed by atoms with van der Waals surface area (Å²) in [6.45, 7) is 7.36. The van der Waals surface area contributed by atoms with Crippen molar-refractivity contribution in [3.63, 3.8) is 0 Å². The lowest BCUT2D eigenvalue weighted by Crippen LogP contribution is -2.48. The highest BCUT2D eigenvalue weighted by molar-refractivity contribution is 7.89. The van der Waals surface area contributed by atoms with Crippen LogP contribution in [0.25, 0.3) is 0 Å². The summed E-state index contributed by atoms with van der Waals surface area (Å²) in [4.78, 5) is 0.320. The number of hydrogen-bond donors (Lipinski definition) is 1. The van der Waals surface area contributed by atoms with Gasteiger partial charge in [-0.15, -0.1) is 0 Å². The fourth-order valence-electron chi connectivity index (χ4n) is 3.23. The number of nitrogens with zero attached hydrogens (tertiary/aromatic N) is 1. The molecule has 1 fully saturated rings. The van der Waals surface area contributed by atoms with Crippen molar-refractivity contribution in [3.05, 3.63) is 59.7 Å². The molecule has 2 aromatic carbocycles. The van der Waals surface area contributed by atoms with E-state index in [0.29, 0.717) is 24.5 Å². The lowest BCUT2D eigenvalue weighted by molar-refractivity contribution is -0.0440. The molecule has 0 aromatic heterocycles. The van der Waals surface area contributed by atoms with Gasteiger partial charge < -0.3 is 10.1 Å². The van der Waals surface area contributed by atoms with Crippen LogP contribution in [0.4, 0.5) is 5.69 Å². The van der Waals surface area contributed by atoms with Crippen LogP contribution in [0.15, 0.2) is 53.4 Å². The highest BCUT2D eigenvalue weighted by atomic mass is 32.2. The molecular weight excluding hydrogens is 348 g/mol. The minimum absolute atomic E-state index is 0.0939. The molecule has 0 spiro atoms. The van der Waals surface area contributed by atoms with Gasteiger partial charge in [-0.3, -0.25) is 0 Å². The Morgan fingerprint density at radius 1 is 1.04 bits per heavy atom. The molecule has 0 saturated carbocycles. The molecule has 5 nitrogen and oxygen atoms in total. The summed E-state index contributed by atoms with van der Waals surface area (Å²) >= 11 is 0. The third kappa shape index (κ3) is 4.26. The van der Waals surface area contributed by atoms with E-state index in [9.17, 15) is 8.42 Å². The Kier molecular flexibility index (Phi) is 5.65. The second-order valence-electron chi connectivity index (χ2n) is 6.88. The van der Waals surface area contributed by atoms with Gasteiger partial charge >= 0.3 is 0 Å². The Morgan fingerprint density at radius 3 is 2.27 bits per heavy atom. The van der Waals surface area contributed by atoms with Gasteiger partial charge in [-0.25, -0.2) is 8.42 Å². The van der Waals surface area contributed by atoms with E-state index in [4.69, 9.17) is 4.74 Å². The molecule has 0 amide bonds. The number of morpholine rings is 1. The average molecular weight is 375 g/mol. The van der Waals surface area contributed by atoms with Gasteiger partial charge in [0.05, 0.1) is 17.1 Å². The van der Waals surface area contributed by atoms with Crippen molar-refractivity contribution < 1.29 is 13.2 Å². The summed E-state index contributed by atoms with van der Waals surface area (Å²) in [6, 6.07) is 15.2. The van der Waals surface area contributed by atoms with Gasteiger partial charge in [0.15, 0.2) is 0 Å². The maximum atomic E-state index is 12.9. The third-order valence-corrected chi connectivity index (χ3v) is 6.47. The van der Waals surface area contributed by atoms with Crippen molar-refractivity contribution in [1.29, 1.82) is 0 Å². The Balaban J connectivity index is 1.69. The number of ether oxygens (including phenoxy) is 1. The largest absolute Gasteiger partial charge is 0.381 e. The quantitative estimate of drug-likeness (QED) is 0.871. The molecule has 1 aliphatic rings. The van der Waals surface area contributed by atoms with E-state index < -0.39 is 10.0 Å². The molecule has 1 heterocycles. The van der Waals surface area contributed by atoms with Gasteiger partial charge in [0.1, 0.15) is 0 Å². The second kappa shape index (κ2) is 7.78. The zero-order valence-corrected chi connectivity index (χ0v) is 16.3. The molecule has 2 atom stereocenters. The Bertz CT molecular complexity index is 840. The predicted molar refractivity (Wildman–Crippen MR) is 104 cm³/mol. The molecule has 1 N–H and O–H groups in total. The van der Waals surface area contributed by atoms with Gasteiger partial charge in [0, 0.05) is 25.3 Å². The number of anilines is 1. The van der Waals surface area contributed by atoms with Crippen LogP contribution in [-0.2, 0) is 21.3 Å². The molecule has 0 bridgehead atoms. The van der Waals surface area contributed by atoms with Crippen molar-refractivity contribution in [2.24, 2.45) is 0 Å². The van der Waals surface area contributed by atoms with Crippen LogP contribution in [0.2, 0.25) is 0 Å². The van der Waals surface area contributed by atoms with E-state index in [1.54, 1.807) is 12.1 Å². The average Bonchev–Trinajstić information content (AvgIpc) is 2.60. The number of nitrogens with one attached hydrogen (secondary N) is 1. The molecule has 3 rings (SSSR count). The molecule has 0 aliphatic carbocycles. The smallest absolute Gasteiger partial charge is 0.243 e. The normalized spacial score (nSPS) is 21.5. The Hall–Kier alpha value is -1.89. The standard InChI is InChI=1S/C20H26N2O3S/c1-15-6-4-5-7-18(15)12-21-19-8-10-20(11-9-19)26(23,24)22-13-16(2)25-17(3)14-22/h4-11,16-17,21H,12-14H2,1-3H3. The molecule has 140 valence electrons. The fraction of sp³-hybridized carbons (Fsp3) is 0.400. The van der Waals surface area contributed by atoms with Crippen LogP contribution in [0.3, 0.4) is 0 Å². The topological polar surface area (TPSA) is 58.6 Å². The lowest BCUT2D eigenvalue weighted by Gasteiger charge is -2.34. The van der Waals surface area contributed by atoms with Crippen molar-refractivity contribution in [2.45, 2.75) is 44.4 Å². The lowest BCUT2D eigenvalue weighted by atomic mass is 10.1. The van der Waals surface area contributed by atoms with E-state index >= 15 is 0 Å². The second-order valence-corrected chi connectivity index (χ2v) is 8.82. The summed E-state index contributed by atoms with van der Waals surface area (Å²) in [7, 11) is -3.49. The van der Waals surface area contributed by atoms with Crippen LogP contribution in [-0.4, -0.2) is 38.0 Å². The van der Waals surface area contributed by atoms with Crippen LogP contribution in [0.5, 0.6) is 0 Å². The molecule has 1 aliphatic heterocycles. The molecule has 1 saturated heterocycles. The number of hydrogen-bond acceptors (Lipinski definition) is 4. The fourth-order valence-corrected chi connectivity index (χ4v) is 4.82. The van der Waals surface area contributed by atoms with E-state index in [-0.39, 0.29) is 12.2 Å². The molecule has 2 unspecified atom stereocenters. The zero-order chi connectivity index (χ0) is 18.7. The van der Waals surface area contributed by atoms with E-state index in [2.05, 4.69) is 24.4 Å². The van der Waals surface area contributed by atoms with Crippen LogP contribution in [0, 0.1) is 6.92 Å². The maximum Gasteiger partial charge on any atom is 0.243 e. The van der Waals surface area contributed by atoms with Crippen molar-refractivity contribution in [1.82, 2.24) is 4.31 Å². The first kappa shape index (κ1) is 18.9. The summed E-state index contributed by atoms with van der Waals surface area (Å²) in [5, 5.41) is 3.35. The molecule has 26 heavy (non-hydrogen) atoms. The molecule has 0 radical (unpaired) electrons. The van der Waals surface area contributed by atoms with Crippen LogP contribution >= 0.6 is 0 Å². The number of benzene rings is 2. The van der Waals surface area contributed by atoms with Crippen molar-refractivity contribution in [2.75, 3.05) is 18.4 Å². The van der Waals surface area contributed by atoms with Gasteiger partial charge in [-0.05, 0) is 56.2 Å². The van der Waals surface area contributed by atoms with Gasteiger partial charge in [-0.2, -0.15) is 4.31 Å². The third-order valence-electron chi connectivity index (χ3n) is 4.62. The summed E-state index contributed by atoms with van der Waals surface area (Å²) in [6.07, 6.45) is -0.188. The molecule has 6 heteroatoms. The maximum absolute atomic E-state index is 12.9. The Morgan fingerprint density at radius 2 is 1.65 bits per heavy atom. The summed E-state index contributed by atoms with van der Waals surface area (Å²) < 4.78 is 32.9. The van der Waals surface area contributed by atoms with Gasteiger partial charge in [0.2, 0.25) is 10.0 Å². The van der Waals surface area contributed by atoms with E-state index in [1.165, 1.54) is 15.4 Å². The summed E-state index contributed by atoms with van der Waals surface area (Å²) in [5.41, 5.74) is 3.35. The highest BCUT2D eigenvalue weighted by Crippen LogP contribution is 2.22. The summed E-state index contributed by atoms with van der Waals surface area (Å²) in [5.74, 6) is 0. The number of aryl methyl sites for hydroxylation is 1. The van der Waals surface area contributed by atoms with E-state index in [0.717, 1.165) is 5.69 Å². The van der Waals surface area contributed by atoms with E-state index in [1.807, 2.05) is 38.1 Å². The van der Waals surface area contributed by atoms with Crippen LogP contribution in [0.1, 0.15) is 25.0 Å². The first-order chi connectivity index (χ1) is 12.4. The molecule has 2 aromatic rings. The first-order valence-corrected chi connectivity index (χ1v) is 10.3. The minimum atomic E-state index is -3.49. The predicted octanol–water partition coefficient (Wildman–Crippen LogP) is 3.41. The first-order valence-electron chi connectivity index (χ1n) is 8.90. The minimum Gasteiger partial charge on any atom is -0.381 e. The van der Waals surface area contributed by atoms with Crippen molar-refractivity contribution in [3.8, 4) is 0 Å². The highest BCUT2D eigenvalue weighted by Gasteiger charge is 2.32. The number of sulfonamides is 1.